The number of aryl methyl sites for hydroxylation is 3. The van der Waals surface area contributed by atoms with Gasteiger partial charge in [-0.15, -0.1) is 0 Å². The summed E-state index contributed by atoms with van der Waals surface area (Å²) >= 11 is 0. The molecule has 0 unspecified atom stereocenters. The molecule has 0 N–H and O–H groups in total. The van der Waals surface area contributed by atoms with E-state index in [0.29, 0.717) is 13.0 Å². The molecule has 28 heavy (non-hydrogen) atoms. The number of unbranched alkanes of at least 4 members (excludes halogenated alkanes) is 3. The quantitative estimate of drug-likeness (QED) is 0.233. The smallest absolute Gasteiger partial charge is 0.217 e. The molecule has 0 aliphatic rings. The Morgan fingerprint density at radius 1 is 1.18 bits per heavy atom. The largest absolute Gasteiger partial charge is 0.726 e. The molecular weight excluding hydrogens is 378 g/mol. The minimum absolute atomic E-state index is 0.109. The summed E-state index contributed by atoms with van der Waals surface area (Å²) in [5.74, 6) is 0. The van der Waals surface area contributed by atoms with Crippen LogP contribution in [0.5, 0.6) is 0 Å². The lowest BCUT2D eigenvalue weighted by molar-refractivity contribution is -0.697. The monoisotopic (exact) mass is 407 g/mol. The zero-order chi connectivity index (χ0) is 20.4. The lowest BCUT2D eigenvalue weighted by Crippen LogP contribution is -2.33. The number of hydrogen-bond donors (Lipinski definition) is 0. The number of pyridine rings is 1. The lowest BCUT2D eigenvalue weighted by atomic mass is 10.2. The van der Waals surface area contributed by atoms with Gasteiger partial charge in [0.1, 0.15) is 0 Å². The molecule has 154 valence electrons. The fraction of sp³-hybridized carbons (Fsp3) is 0.500. The summed E-state index contributed by atoms with van der Waals surface area (Å²) in [5.41, 5.74) is 3.21. The molecule has 2 rings (SSSR count). The van der Waals surface area contributed by atoms with Crippen LogP contribution in [-0.4, -0.2) is 29.1 Å². The molecule has 0 aliphatic carbocycles. The molecule has 0 fully saturated rings. The third kappa shape index (κ3) is 7.92. The molecule has 0 aromatic carbocycles. The van der Waals surface area contributed by atoms with Crippen LogP contribution in [0.15, 0.2) is 30.9 Å². The Morgan fingerprint density at radius 2 is 1.93 bits per heavy atom. The van der Waals surface area contributed by atoms with E-state index < -0.39 is 10.4 Å². The molecule has 2 heterocycles. The molecule has 0 radical (unpaired) electrons. The molecule has 8 heteroatoms. The molecule has 0 saturated heterocycles. The van der Waals surface area contributed by atoms with E-state index in [1.54, 1.807) is 0 Å². The van der Waals surface area contributed by atoms with E-state index in [2.05, 4.69) is 32.8 Å². The topological polar surface area (TPSA) is 88.1 Å². The van der Waals surface area contributed by atoms with Crippen molar-refractivity contribution in [2.24, 2.45) is 0 Å². The highest BCUT2D eigenvalue weighted by Crippen LogP contribution is 2.13. The predicted molar refractivity (Wildman–Crippen MR) is 107 cm³/mol. The average Bonchev–Trinajstić information content (AvgIpc) is 3.00. The number of rotatable bonds is 12. The SMILES string of the molecule is CCCCCCn1cnc(C)c1/C=C/c1cc[n+](CCCOS(=O)(=O)[O-])cc1. The summed E-state index contributed by atoms with van der Waals surface area (Å²) in [6, 6.07) is 3.97. The van der Waals surface area contributed by atoms with Crippen molar-refractivity contribution in [2.45, 2.75) is 59.0 Å². The molecule has 0 saturated carbocycles. The van der Waals surface area contributed by atoms with Gasteiger partial charge in [-0.2, -0.15) is 0 Å². The van der Waals surface area contributed by atoms with Crippen molar-refractivity contribution in [2.75, 3.05) is 6.61 Å². The normalized spacial score (nSPS) is 12.1. The van der Waals surface area contributed by atoms with E-state index in [0.717, 1.165) is 29.9 Å². The summed E-state index contributed by atoms with van der Waals surface area (Å²) in [6.45, 7) is 5.68. The molecule has 0 aliphatic heterocycles. The van der Waals surface area contributed by atoms with Gasteiger partial charge in [0.05, 0.1) is 24.3 Å². The third-order valence-corrected chi connectivity index (χ3v) is 4.92. The first-order valence-electron chi connectivity index (χ1n) is 9.68. The van der Waals surface area contributed by atoms with Crippen molar-refractivity contribution < 1.29 is 21.7 Å². The van der Waals surface area contributed by atoms with Gasteiger partial charge in [0.15, 0.2) is 18.9 Å². The molecular formula is C20H29N3O4S. The standard InChI is InChI=1S/C20H29N3O4S/c1-3-4-5-6-13-23-17-21-18(2)20(23)9-8-19-10-14-22(15-11-19)12-7-16-27-28(24,25)26/h8-11,14-15,17H,3-7,12-13,16H2,1-2H3. The predicted octanol–water partition coefficient (Wildman–Crippen LogP) is 3.10. The van der Waals surface area contributed by atoms with E-state index in [1.807, 2.05) is 42.3 Å². The summed E-state index contributed by atoms with van der Waals surface area (Å²) in [6.07, 6.45) is 15.2. The Bertz CT molecular complexity index is 858. The lowest BCUT2D eigenvalue weighted by Gasteiger charge is -2.06. The first-order chi connectivity index (χ1) is 13.4. The van der Waals surface area contributed by atoms with Gasteiger partial charge < -0.3 is 9.12 Å². The maximum Gasteiger partial charge on any atom is 0.217 e. The Morgan fingerprint density at radius 3 is 2.61 bits per heavy atom. The fourth-order valence-electron chi connectivity index (χ4n) is 2.91. The number of aromatic nitrogens is 3. The van der Waals surface area contributed by atoms with Crippen molar-refractivity contribution in [3.63, 3.8) is 0 Å². The maximum atomic E-state index is 10.4. The summed E-state index contributed by atoms with van der Waals surface area (Å²) < 4.78 is 39.5. The van der Waals surface area contributed by atoms with Gasteiger partial charge in [0.25, 0.3) is 0 Å². The zero-order valence-corrected chi connectivity index (χ0v) is 17.4. The van der Waals surface area contributed by atoms with Crippen molar-refractivity contribution in [3.05, 3.63) is 47.8 Å². The molecule has 0 bridgehead atoms. The van der Waals surface area contributed by atoms with Gasteiger partial charge in [-0.3, -0.25) is 4.18 Å². The second kappa shape index (κ2) is 11.1. The second-order valence-corrected chi connectivity index (χ2v) is 7.81. The van der Waals surface area contributed by atoms with Crippen molar-refractivity contribution in [1.82, 2.24) is 9.55 Å². The third-order valence-electron chi connectivity index (χ3n) is 4.46. The first-order valence-corrected chi connectivity index (χ1v) is 11.0. The van der Waals surface area contributed by atoms with E-state index >= 15 is 0 Å². The fourth-order valence-corrected chi connectivity index (χ4v) is 3.23. The van der Waals surface area contributed by atoms with Crippen LogP contribution in [0, 0.1) is 6.92 Å². The molecule has 0 amide bonds. The van der Waals surface area contributed by atoms with E-state index in [-0.39, 0.29) is 6.61 Å². The summed E-state index contributed by atoms with van der Waals surface area (Å²) in [4.78, 5) is 4.43. The molecule has 2 aromatic heterocycles. The number of hydrogen-bond acceptors (Lipinski definition) is 5. The van der Waals surface area contributed by atoms with Crippen molar-refractivity contribution in [3.8, 4) is 0 Å². The summed E-state index contributed by atoms with van der Waals surface area (Å²) in [5, 5.41) is 0. The zero-order valence-electron chi connectivity index (χ0n) is 16.6. The van der Waals surface area contributed by atoms with Gasteiger partial charge in [-0.1, -0.05) is 32.3 Å². The van der Waals surface area contributed by atoms with Gasteiger partial charge in [-0.25, -0.2) is 18.0 Å². The molecule has 7 nitrogen and oxygen atoms in total. The first kappa shape index (κ1) is 22.3. The second-order valence-electron chi connectivity index (χ2n) is 6.76. The molecule has 0 atom stereocenters. The maximum absolute atomic E-state index is 10.4. The van der Waals surface area contributed by atoms with Crippen LogP contribution in [0.3, 0.4) is 0 Å². The van der Waals surface area contributed by atoms with Gasteiger partial charge in [-0.05, 0) is 25.0 Å². The van der Waals surface area contributed by atoms with E-state index in [1.165, 1.54) is 19.3 Å². The van der Waals surface area contributed by atoms with Crippen molar-refractivity contribution in [1.29, 1.82) is 0 Å². The van der Waals surface area contributed by atoms with Gasteiger partial charge in [0, 0.05) is 25.1 Å². The Labute approximate surface area is 167 Å². The van der Waals surface area contributed by atoms with Crippen LogP contribution >= 0.6 is 0 Å². The van der Waals surface area contributed by atoms with E-state index in [4.69, 9.17) is 0 Å². The van der Waals surface area contributed by atoms with Crippen LogP contribution in [0.1, 0.15) is 56.0 Å². The Kier molecular flexibility index (Phi) is 8.82. The van der Waals surface area contributed by atoms with E-state index in [9.17, 15) is 13.0 Å². The van der Waals surface area contributed by atoms with Crippen LogP contribution in [0.25, 0.3) is 12.2 Å². The average molecular weight is 408 g/mol. The number of imidazole rings is 1. The van der Waals surface area contributed by atoms with Crippen molar-refractivity contribution >= 4 is 22.6 Å². The van der Waals surface area contributed by atoms with Crippen LogP contribution < -0.4 is 4.57 Å². The minimum atomic E-state index is -4.61. The molecule has 0 spiro atoms. The van der Waals surface area contributed by atoms with Crippen LogP contribution in [-0.2, 0) is 27.7 Å². The van der Waals surface area contributed by atoms with Gasteiger partial charge in [0.2, 0.25) is 10.4 Å². The Balaban J connectivity index is 1.89. The van der Waals surface area contributed by atoms with Crippen LogP contribution in [0.2, 0.25) is 0 Å². The minimum Gasteiger partial charge on any atom is -0.726 e. The number of nitrogens with zero attached hydrogens (tertiary/aromatic N) is 3. The van der Waals surface area contributed by atoms with Crippen LogP contribution in [0.4, 0.5) is 0 Å². The van der Waals surface area contributed by atoms with Gasteiger partial charge >= 0.3 is 0 Å². The summed E-state index contributed by atoms with van der Waals surface area (Å²) in [7, 11) is -4.61. The highest BCUT2D eigenvalue weighted by molar-refractivity contribution is 7.80. The Hall–Kier alpha value is -2.03. The molecule has 2 aromatic rings. The highest BCUT2D eigenvalue weighted by Gasteiger charge is 2.05. The highest BCUT2D eigenvalue weighted by atomic mass is 32.3.